The van der Waals surface area contributed by atoms with E-state index in [-0.39, 0.29) is 27.0 Å². The third-order valence-corrected chi connectivity index (χ3v) is 3.85. The molecule has 0 heterocycles. The molecule has 5 nitrogen and oxygen atoms in total. The molecule has 1 rings (SSSR count). The third kappa shape index (κ3) is 6.55. The summed E-state index contributed by atoms with van der Waals surface area (Å²) in [6, 6.07) is -1.07. The molecule has 0 saturated heterocycles. The van der Waals surface area contributed by atoms with Crippen LogP contribution < -0.4 is 5.32 Å². The molecule has 1 amide bonds. The molecule has 1 aliphatic rings. The summed E-state index contributed by atoms with van der Waals surface area (Å²) >= 11 is 0. The summed E-state index contributed by atoms with van der Waals surface area (Å²) < 4.78 is 0. The van der Waals surface area contributed by atoms with Crippen LogP contribution in [0.3, 0.4) is 0 Å². The van der Waals surface area contributed by atoms with Crippen LogP contribution in [0.4, 0.5) is 0 Å². The average Bonchev–Trinajstić information content (AvgIpc) is 2.38. The van der Waals surface area contributed by atoms with Crippen molar-refractivity contribution in [1.82, 2.24) is 5.32 Å². The zero-order valence-electron chi connectivity index (χ0n) is 12.4. The number of allylic oxidation sites excluding steroid dienone is 2. The van der Waals surface area contributed by atoms with Crippen molar-refractivity contribution in [3.63, 3.8) is 0 Å². The molecule has 0 aromatic rings. The first-order valence-corrected chi connectivity index (χ1v) is 6.94. The van der Waals surface area contributed by atoms with Crippen molar-refractivity contribution in [3.8, 4) is 0 Å². The van der Waals surface area contributed by atoms with Gasteiger partial charge in [0.1, 0.15) is 0 Å². The minimum atomic E-state index is -1.13. The minimum absolute atomic E-state index is 0. The Balaban J connectivity index is 0.00000400. The van der Waals surface area contributed by atoms with Crippen molar-refractivity contribution in [3.05, 3.63) is 12.2 Å². The second-order valence-electron chi connectivity index (χ2n) is 5.79. The van der Waals surface area contributed by atoms with Crippen molar-refractivity contribution >= 4 is 18.2 Å². The Morgan fingerprint density at radius 1 is 1.48 bits per heavy atom. The van der Waals surface area contributed by atoms with Crippen molar-refractivity contribution in [2.45, 2.75) is 52.0 Å². The van der Waals surface area contributed by atoms with Gasteiger partial charge in [-0.05, 0) is 31.6 Å². The SMILES string of the molecule is CC1/C=C/CCC(C)(C(=O)NC([C-]=O)CC(=O)O)CC1.[Mo]. The standard InChI is InChI=1S/C15H22NO4.Mo/c1-11-5-3-4-7-15(2,8-6-11)14(20)16-12(10-17)9-13(18)19;/h3,5,11-12H,4,6-9H2,1-2H3,(H,16,20)(H,18,19);/q-1;/b5-3+;. The van der Waals surface area contributed by atoms with Gasteiger partial charge in [0.05, 0.1) is 0 Å². The maximum atomic E-state index is 12.3. The summed E-state index contributed by atoms with van der Waals surface area (Å²) in [5, 5.41) is 11.2. The van der Waals surface area contributed by atoms with Gasteiger partial charge in [0.25, 0.3) is 0 Å². The fourth-order valence-electron chi connectivity index (χ4n) is 2.35. The molecule has 21 heavy (non-hydrogen) atoms. The van der Waals surface area contributed by atoms with E-state index >= 15 is 0 Å². The minimum Gasteiger partial charge on any atom is -0.540 e. The van der Waals surface area contributed by atoms with Crippen LogP contribution in [-0.2, 0) is 35.4 Å². The number of carboxylic acid groups (broad SMARTS) is 1. The molecule has 0 bridgehead atoms. The number of amides is 1. The fraction of sp³-hybridized carbons (Fsp3) is 0.667. The van der Waals surface area contributed by atoms with E-state index in [0.29, 0.717) is 12.3 Å². The van der Waals surface area contributed by atoms with Crippen molar-refractivity contribution in [2.75, 3.05) is 0 Å². The molecule has 0 spiro atoms. The van der Waals surface area contributed by atoms with Gasteiger partial charge in [0, 0.05) is 32.9 Å². The fourth-order valence-corrected chi connectivity index (χ4v) is 2.35. The summed E-state index contributed by atoms with van der Waals surface area (Å²) in [6.07, 6.45) is 8.51. The molecule has 0 saturated carbocycles. The molecule has 6 heteroatoms. The maximum Gasteiger partial charge on any atom is 0.302 e. The van der Waals surface area contributed by atoms with Crippen molar-refractivity contribution in [1.29, 1.82) is 0 Å². The Morgan fingerprint density at radius 2 is 2.14 bits per heavy atom. The summed E-state index contributed by atoms with van der Waals surface area (Å²) in [6.45, 7) is 3.98. The first-order chi connectivity index (χ1) is 9.37. The average molecular weight is 376 g/mol. The molecule has 0 aliphatic heterocycles. The van der Waals surface area contributed by atoms with E-state index in [2.05, 4.69) is 24.4 Å². The predicted octanol–water partition coefficient (Wildman–Crippen LogP) is 1.83. The van der Waals surface area contributed by atoms with Crippen LogP contribution in [0.5, 0.6) is 0 Å². The molecule has 0 aromatic carbocycles. The summed E-state index contributed by atoms with van der Waals surface area (Å²) in [5.74, 6) is -0.956. The number of carbonyl (C=O) groups excluding carboxylic acids is 2. The molecule has 0 radical (unpaired) electrons. The van der Waals surface area contributed by atoms with E-state index in [4.69, 9.17) is 5.11 Å². The van der Waals surface area contributed by atoms with E-state index in [1.807, 2.05) is 6.92 Å². The zero-order chi connectivity index (χ0) is 15.2. The quantitative estimate of drug-likeness (QED) is 0.436. The molecular formula is C15H22MoNO4-. The number of hydrogen-bond donors (Lipinski definition) is 2. The van der Waals surface area contributed by atoms with Gasteiger partial charge in [-0.3, -0.25) is 9.59 Å². The molecule has 0 fully saturated rings. The van der Waals surface area contributed by atoms with E-state index in [1.54, 1.807) is 6.29 Å². The first-order valence-electron chi connectivity index (χ1n) is 6.94. The van der Waals surface area contributed by atoms with Gasteiger partial charge >= 0.3 is 5.97 Å². The molecule has 2 N–H and O–H groups in total. The molecule has 3 atom stereocenters. The third-order valence-electron chi connectivity index (χ3n) is 3.85. The largest absolute Gasteiger partial charge is 0.540 e. The first kappa shape index (κ1) is 20.0. The zero-order valence-corrected chi connectivity index (χ0v) is 14.4. The Labute approximate surface area is 139 Å². The normalized spacial score (nSPS) is 28.2. The van der Waals surface area contributed by atoms with Gasteiger partial charge in [-0.15, -0.1) is 0 Å². The summed E-state index contributed by atoms with van der Waals surface area (Å²) in [4.78, 5) is 33.7. The van der Waals surface area contributed by atoms with E-state index in [1.165, 1.54) is 0 Å². The van der Waals surface area contributed by atoms with E-state index in [9.17, 15) is 14.4 Å². The summed E-state index contributed by atoms with van der Waals surface area (Å²) in [5.41, 5.74) is -0.563. The van der Waals surface area contributed by atoms with Crippen LogP contribution >= 0.6 is 0 Å². The topological polar surface area (TPSA) is 83.5 Å². The van der Waals surface area contributed by atoms with E-state index in [0.717, 1.165) is 19.3 Å². The molecule has 1 aliphatic carbocycles. The van der Waals surface area contributed by atoms with Gasteiger partial charge in [-0.2, -0.15) is 0 Å². The molecule has 118 valence electrons. The van der Waals surface area contributed by atoms with Crippen LogP contribution in [0.15, 0.2) is 12.2 Å². The molecular weight excluding hydrogens is 354 g/mol. The van der Waals surface area contributed by atoms with Gasteiger partial charge in [0.15, 0.2) is 0 Å². The number of carboxylic acids is 1. The van der Waals surface area contributed by atoms with Gasteiger partial charge in [-0.1, -0.05) is 32.0 Å². The number of hydrogen-bond acceptors (Lipinski definition) is 3. The maximum absolute atomic E-state index is 12.3. The Kier molecular flexibility index (Phi) is 8.72. The van der Waals surface area contributed by atoms with Gasteiger partial charge < -0.3 is 15.2 Å². The van der Waals surface area contributed by atoms with Crippen LogP contribution in [0.1, 0.15) is 46.0 Å². The van der Waals surface area contributed by atoms with E-state index < -0.39 is 23.8 Å². The number of aliphatic carboxylic acids is 1. The molecule has 0 aromatic heterocycles. The predicted molar refractivity (Wildman–Crippen MR) is 74.8 cm³/mol. The van der Waals surface area contributed by atoms with Crippen LogP contribution in [0, 0.1) is 11.3 Å². The second kappa shape index (κ2) is 9.14. The molecule has 3 unspecified atom stereocenters. The van der Waals surface area contributed by atoms with Crippen molar-refractivity contribution < 1.29 is 40.6 Å². The second-order valence-corrected chi connectivity index (χ2v) is 5.79. The van der Waals surface area contributed by atoms with Gasteiger partial charge in [-0.25, -0.2) is 6.29 Å². The van der Waals surface area contributed by atoms with Gasteiger partial charge in [0.2, 0.25) is 5.91 Å². The Hall–Kier alpha value is -0.962. The Bertz CT molecular complexity index is 410. The Morgan fingerprint density at radius 3 is 2.71 bits per heavy atom. The van der Waals surface area contributed by atoms with Crippen LogP contribution in [0.2, 0.25) is 0 Å². The number of carbonyl (C=O) groups is 2. The summed E-state index contributed by atoms with van der Waals surface area (Å²) in [7, 11) is 0. The van der Waals surface area contributed by atoms with Crippen LogP contribution in [0.25, 0.3) is 0 Å². The van der Waals surface area contributed by atoms with Crippen LogP contribution in [-0.4, -0.2) is 29.3 Å². The van der Waals surface area contributed by atoms with Crippen molar-refractivity contribution in [2.24, 2.45) is 11.3 Å². The number of nitrogens with one attached hydrogen (secondary N) is 1. The monoisotopic (exact) mass is 378 g/mol. The smallest absolute Gasteiger partial charge is 0.302 e. The number of rotatable bonds is 5.